The molecule has 0 aliphatic heterocycles. The second kappa shape index (κ2) is 7.84. The van der Waals surface area contributed by atoms with E-state index in [1.807, 2.05) is 0 Å². The Labute approximate surface area is 155 Å². The number of amides is 1. The number of ether oxygens (including phenoxy) is 1. The summed E-state index contributed by atoms with van der Waals surface area (Å²) in [6.07, 6.45) is -0.775. The van der Waals surface area contributed by atoms with E-state index >= 15 is 0 Å². The lowest BCUT2D eigenvalue weighted by Gasteiger charge is -2.11. The zero-order valence-electron chi connectivity index (χ0n) is 14.9. The molecule has 0 saturated heterocycles. The predicted octanol–water partition coefficient (Wildman–Crippen LogP) is 3.15. The molecule has 1 N–H and O–H groups in total. The Morgan fingerprint density at radius 3 is 2.63 bits per heavy atom. The number of anilines is 1. The third-order valence-electron chi connectivity index (χ3n) is 3.71. The highest BCUT2D eigenvalue weighted by atomic mass is 16.6. The van der Waals surface area contributed by atoms with Crippen molar-refractivity contribution in [1.29, 1.82) is 0 Å². The first-order chi connectivity index (χ1) is 12.9. The van der Waals surface area contributed by atoms with Crippen molar-refractivity contribution >= 4 is 28.5 Å². The van der Waals surface area contributed by atoms with Gasteiger partial charge in [0.05, 0.1) is 18.0 Å². The Kier molecular flexibility index (Phi) is 5.33. The molecule has 1 amide bonds. The molecule has 0 atom stereocenters. The number of carbonyl (C=O) groups excluding carboxylic acids is 2. The van der Waals surface area contributed by atoms with Crippen LogP contribution in [-0.2, 0) is 0 Å². The second-order valence-corrected chi connectivity index (χ2v) is 6.18. The number of hydrogen-bond acceptors (Lipinski definition) is 6. The molecule has 7 heteroatoms. The first kappa shape index (κ1) is 18.3. The van der Waals surface area contributed by atoms with Crippen LogP contribution in [-0.4, -0.2) is 37.4 Å². The lowest BCUT2D eigenvalue weighted by Crippen LogP contribution is -2.22. The fraction of sp³-hybridized carbons (Fsp3) is 0.150. The van der Waals surface area contributed by atoms with Crippen LogP contribution in [0.15, 0.2) is 63.8 Å². The number of likely N-dealkylation sites (N-methyl/N-ethyl adjacent to an activating group) is 1. The van der Waals surface area contributed by atoms with Gasteiger partial charge >= 0.3 is 11.7 Å². The molecule has 2 aromatic carbocycles. The van der Waals surface area contributed by atoms with Crippen LogP contribution < -0.4 is 15.7 Å². The summed E-state index contributed by atoms with van der Waals surface area (Å²) in [6.45, 7) is 0.264. The molecule has 27 heavy (non-hydrogen) atoms. The molecule has 0 bridgehead atoms. The maximum absolute atomic E-state index is 12.2. The van der Waals surface area contributed by atoms with Crippen LogP contribution in [0, 0.1) is 0 Å². The fourth-order valence-electron chi connectivity index (χ4n) is 2.56. The highest BCUT2D eigenvalue weighted by Crippen LogP contribution is 2.23. The van der Waals surface area contributed by atoms with E-state index in [1.54, 1.807) is 67.5 Å². The molecule has 0 fully saturated rings. The van der Waals surface area contributed by atoms with Crippen molar-refractivity contribution in [3.05, 3.63) is 70.6 Å². The average molecular weight is 366 g/mol. The molecule has 138 valence electrons. The summed E-state index contributed by atoms with van der Waals surface area (Å²) < 4.78 is 10.3. The summed E-state index contributed by atoms with van der Waals surface area (Å²) in [5.74, 6) is 0.0304. The van der Waals surface area contributed by atoms with E-state index in [2.05, 4.69) is 5.32 Å². The number of carbonyl (C=O) groups is 2. The molecule has 0 radical (unpaired) electrons. The van der Waals surface area contributed by atoms with Gasteiger partial charge in [0, 0.05) is 11.3 Å². The number of nitrogens with zero attached hydrogens (tertiary/aromatic N) is 1. The fourth-order valence-corrected chi connectivity index (χ4v) is 2.56. The maximum atomic E-state index is 12.2. The van der Waals surface area contributed by atoms with Crippen molar-refractivity contribution in [1.82, 2.24) is 4.90 Å². The molecule has 7 nitrogen and oxygen atoms in total. The van der Waals surface area contributed by atoms with Crippen molar-refractivity contribution in [2.45, 2.75) is 0 Å². The van der Waals surface area contributed by atoms with E-state index in [0.717, 1.165) is 6.07 Å². The van der Waals surface area contributed by atoms with Crippen LogP contribution in [0.25, 0.3) is 11.0 Å². The van der Waals surface area contributed by atoms with Crippen molar-refractivity contribution in [3.63, 3.8) is 0 Å². The van der Waals surface area contributed by atoms with Crippen LogP contribution in [0.5, 0.6) is 5.75 Å². The molecular weight excluding hydrogens is 348 g/mol. The molecule has 3 rings (SSSR count). The van der Waals surface area contributed by atoms with E-state index in [-0.39, 0.29) is 18.1 Å². The van der Waals surface area contributed by atoms with E-state index < -0.39 is 11.7 Å². The highest BCUT2D eigenvalue weighted by molar-refractivity contribution is 5.99. The highest BCUT2D eigenvalue weighted by Gasteiger charge is 2.13. The number of fused-ring (bicyclic) bond motifs is 1. The van der Waals surface area contributed by atoms with Gasteiger partial charge in [-0.3, -0.25) is 10.1 Å². The van der Waals surface area contributed by atoms with Crippen LogP contribution in [0.2, 0.25) is 0 Å². The minimum Gasteiger partial charge on any atom is -0.422 e. The van der Waals surface area contributed by atoms with E-state index in [0.29, 0.717) is 22.2 Å². The summed E-state index contributed by atoms with van der Waals surface area (Å²) in [5.41, 5.74) is 0.598. The molecular formula is C20H18N2O5. The van der Waals surface area contributed by atoms with E-state index in [1.165, 1.54) is 0 Å². The lowest BCUT2D eigenvalue weighted by molar-refractivity contribution is 0.0957. The Balaban J connectivity index is 1.77. The minimum atomic E-state index is -0.775. The van der Waals surface area contributed by atoms with E-state index in [9.17, 15) is 14.4 Å². The molecule has 1 aromatic heterocycles. The smallest absolute Gasteiger partial charge is 0.417 e. The normalized spacial score (nSPS) is 10.8. The third-order valence-corrected chi connectivity index (χ3v) is 3.71. The zero-order valence-corrected chi connectivity index (χ0v) is 14.9. The maximum Gasteiger partial charge on any atom is 0.417 e. The van der Waals surface area contributed by atoms with Gasteiger partial charge in [-0.1, -0.05) is 24.3 Å². The minimum absolute atomic E-state index is 0.0660. The summed E-state index contributed by atoms with van der Waals surface area (Å²) in [6, 6.07) is 14.4. The van der Waals surface area contributed by atoms with Gasteiger partial charge in [-0.15, -0.1) is 0 Å². The zero-order chi connectivity index (χ0) is 19.4. The largest absolute Gasteiger partial charge is 0.422 e. The van der Waals surface area contributed by atoms with Gasteiger partial charge < -0.3 is 14.1 Å². The number of rotatable bonds is 5. The summed E-state index contributed by atoms with van der Waals surface area (Å²) in [4.78, 5) is 37.8. The monoisotopic (exact) mass is 366 g/mol. The molecule has 1 heterocycles. The Morgan fingerprint density at radius 2 is 1.85 bits per heavy atom. The molecule has 0 spiro atoms. The molecule has 0 aliphatic rings. The number of nitrogens with one attached hydrogen (secondary N) is 1. The molecule has 0 aliphatic carbocycles. The number of para-hydroxylation sites is 1. The molecule has 3 aromatic rings. The van der Waals surface area contributed by atoms with Crippen LogP contribution in [0.1, 0.15) is 10.4 Å². The van der Waals surface area contributed by atoms with Crippen LogP contribution in [0.3, 0.4) is 0 Å². The second-order valence-electron chi connectivity index (χ2n) is 6.18. The standard InChI is InChI=1S/C20H18N2O5/c1-22(2)12-16(23)13-6-5-7-14(10-13)21-20(25)27-18-11-19(24)26-17-9-4-3-8-15(17)18/h3-11H,12H2,1-2H3,(H,21,25). The quantitative estimate of drug-likeness (QED) is 0.551. The topological polar surface area (TPSA) is 88.9 Å². The summed E-state index contributed by atoms with van der Waals surface area (Å²) in [7, 11) is 3.61. The average Bonchev–Trinajstić information content (AvgIpc) is 2.61. The summed E-state index contributed by atoms with van der Waals surface area (Å²) in [5, 5.41) is 3.07. The van der Waals surface area contributed by atoms with Crippen molar-refractivity contribution in [3.8, 4) is 5.75 Å². The van der Waals surface area contributed by atoms with E-state index in [4.69, 9.17) is 9.15 Å². The SMILES string of the molecule is CN(C)CC(=O)c1cccc(NC(=O)Oc2cc(=O)oc3ccccc23)c1. The van der Waals surface area contributed by atoms with Gasteiger partial charge in [0.1, 0.15) is 5.58 Å². The van der Waals surface area contributed by atoms with Crippen molar-refractivity contribution in [2.75, 3.05) is 26.0 Å². The first-order valence-electron chi connectivity index (χ1n) is 8.22. The van der Waals surface area contributed by atoms with Gasteiger partial charge in [-0.25, -0.2) is 9.59 Å². The number of ketones is 1. The molecule has 0 unspecified atom stereocenters. The van der Waals surface area contributed by atoms with Gasteiger partial charge in [0.15, 0.2) is 11.5 Å². The van der Waals surface area contributed by atoms with Crippen LogP contribution in [0.4, 0.5) is 10.5 Å². The van der Waals surface area contributed by atoms with Crippen molar-refractivity contribution in [2.24, 2.45) is 0 Å². The van der Waals surface area contributed by atoms with Gasteiger partial charge in [-0.05, 0) is 38.4 Å². The van der Waals surface area contributed by atoms with Crippen molar-refractivity contribution < 1.29 is 18.7 Å². The Morgan fingerprint density at radius 1 is 1.07 bits per heavy atom. The lowest BCUT2D eigenvalue weighted by atomic mass is 10.1. The Hall–Kier alpha value is -3.45. The Bertz CT molecular complexity index is 1060. The first-order valence-corrected chi connectivity index (χ1v) is 8.22. The van der Waals surface area contributed by atoms with Crippen LogP contribution >= 0.6 is 0 Å². The number of benzene rings is 2. The van der Waals surface area contributed by atoms with Gasteiger partial charge in [0.2, 0.25) is 0 Å². The van der Waals surface area contributed by atoms with Gasteiger partial charge in [0.25, 0.3) is 0 Å². The number of hydrogen-bond donors (Lipinski definition) is 1. The molecule has 0 saturated carbocycles. The third kappa shape index (κ3) is 4.59. The predicted molar refractivity (Wildman–Crippen MR) is 101 cm³/mol. The summed E-state index contributed by atoms with van der Waals surface area (Å²) >= 11 is 0. The van der Waals surface area contributed by atoms with Gasteiger partial charge in [-0.2, -0.15) is 0 Å². The number of Topliss-reactive ketones (excluding diaryl/α,β-unsaturated/α-hetero) is 1.